The summed E-state index contributed by atoms with van der Waals surface area (Å²) in [6.45, 7) is 14.3. The van der Waals surface area contributed by atoms with E-state index in [9.17, 15) is 4.79 Å². The molecule has 0 saturated carbocycles. The number of carbonyl (C=O) groups is 1. The maximum atomic E-state index is 11.5. The minimum atomic E-state index is -0.495. The summed E-state index contributed by atoms with van der Waals surface area (Å²) in [5.41, 5.74) is 1.33. The fourth-order valence-electron chi connectivity index (χ4n) is 2.66. The third kappa shape index (κ3) is 3.17. The summed E-state index contributed by atoms with van der Waals surface area (Å²) in [7, 11) is 1.09. The minimum absolute atomic E-state index is 0.164. The van der Waals surface area contributed by atoms with Gasteiger partial charge < -0.3 is 14.0 Å². The summed E-state index contributed by atoms with van der Waals surface area (Å²) >= 11 is 0. The van der Waals surface area contributed by atoms with Crippen LogP contribution < -0.4 is 10.2 Å². The molecule has 1 fully saturated rings. The fourth-order valence-corrected chi connectivity index (χ4v) is 2.66. The Labute approximate surface area is 139 Å². The number of rotatable bonds is 3. The van der Waals surface area contributed by atoms with Gasteiger partial charge in [0, 0.05) is 0 Å². The van der Waals surface area contributed by atoms with Crippen molar-refractivity contribution in [3.8, 4) is 5.75 Å². The first-order valence-electron chi connectivity index (χ1n) is 7.96. The Bertz CT molecular complexity index is 598. The molecule has 1 aromatic rings. The van der Waals surface area contributed by atoms with Gasteiger partial charge in [-0.2, -0.15) is 0 Å². The highest BCUT2D eigenvalue weighted by Crippen LogP contribution is 2.38. The second-order valence-corrected chi connectivity index (χ2v) is 8.15. The van der Waals surface area contributed by atoms with Crippen LogP contribution in [-0.4, -0.2) is 31.7 Å². The highest BCUT2D eigenvalue weighted by molar-refractivity contribution is 6.62. The fraction of sp³-hybridized carbons (Fsp3) is 0.611. The summed E-state index contributed by atoms with van der Waals surface area (Å²) in [6.07, 6.45) is 0.822. The molecule has 126 valence electrons. The van der Waals surface area contributed by atoms with Gasteiger partial charge in [-0.05, 0) is 50.2 Å². The molecule has 1 heterocycles. The highest BCUT2D eigenvalue weighted by atomic mass is 16.7. The number of methoxy groups -OCH3 is 1. The van der Waals surface area contributed by atoms with E-state index in [0.29, 0.717) is 11.3 Å². The lowest BCUT2D eigenvalue weighted by Crippen LogP contribution is -2.41. The molecule has 23 heavy (non-hydrogen) atoms. The van der Waals surface area contributed by atoms with Crippen LogP contribution in [0, 0.1) is 0 Å². The van der Waals surface area contributed by atoms with Gasteiger partial charge in [0.2, 0.25) is 0 Å². The maximum Gasteiger partial charge on any atom is 0.494 e. The third-order valence-electron chi connectivity index (χ3n) is 4.80. The quantitative estimate of drug-likeness (QED) is 0.634. The molecular weight excluding hydrogens is 291 g/mol. The molecule has 0 bridgehead atoms. The van der Waals surface area contributed by atoms with Gasteiger partial charge in [0.1, 0.15) is 5.75 Å². The largest absolute Gasteiger partial charge is 0.496 e. The van der Waals surface area contributed by atoms with Gasteiger partial charge in [0.25, 0.3) is 0 Å². The molecule has 0 N–H and O–H groups in total. The van der Waals surface area contributed by atoms with E-state index in [2.05, 4.69) is 20.8 Å². The van der Waals surface area contributed by atoms with Crippen molar-refractivity contribution in [2.24, 2.45) is 0 Å². The van der Waals surface area contributed by atoms with Crippen LogP contribution in [0.25, 0.3) is 0 Å². The monoisotopic (exact) mass is 318 g/mol. The van der Waals surface area contributed by atoms with E-state index >= 15 is 0 Å². The molecule has 0 unspecified atom stereocenters. The van der Waals surface area contributed by atoms with Gasteiger partial charge in [-0.1, -0.05) is 26.8 Å². The van der Waals surface area contributed by atoms with Gasteiger partial charge in [0.05, 0.1) is 23.9 Å². The van der Waals surface area contributed by atoms with E-state index in [1.807, 2.05) is 33.8 Å². The summed E-state index contributed by atoms with van der Waals surface area (Å²) < 4.78 is 17.7. The lowest BCUT2D eigenvalue weighted by Gasteiger charge is -2.32. The average molecular weight is 318 g/mol. The molecule has 1 aliphatic rings. The number of hydrogen-bond donors (Lipinski definition) is 0. The van der Waals surface area contributed by atoms with Crippen LogP contribution in [0.1, 0.15) is 64.4 Å². The van der Waals surface area contributed by atoms with Crippen LogP contribution in [-0.2, 0) is 14.7 Å². The first kappa shape index (κ1) is 18.0. The number of benzene rings is 1. The molecule has 1 aromatic carbocycles. The first-order valence-corrected chi connectivity index (χ1v) is 7.96. The predicted octanol–water partition coefficient (Wildman–Crippen LogP) is 3.10. The summed E-state index contributed by atoms with van der Waals surface area (Å²) in [4.78, 5) is 11.5. The number of hydrogen-bond acceptors (Lipinski definition) is 4. The van der Waals surface area contributed by atoms with E-state index in [1.165, 1.54) is 0 Å². The van der Waals surface area contributed by atoms with Gasteiger partial charge in [0.15, 0.2) is 6.29 Å². The van der Waals surface area contributed by atoms with E-state index in [4.69, 9.17) is 14.0 Å². The van der Waals surface area contributed by atoms with E-state index in [0.717, 1.165) is 17.3 Å². The van der Waals surface area contributed by atoms with Crippen molar-refractivity contribution >= 4 is 18.9 Å². The number of aldehydes is 1. The van der Waals surface area contributed by atoms with E-state index in [1.54, 1.807) is 13.2 Å². The number of ether oxygens (including phenoxy) is 1. The van der Waals surface area contributed by atoms with Crippen molar-refractivity contribution in [2.45, 2.75) is 65.1 Å². The zero-order chi connectivity index (χ0) is 17.6. The second-order valence-electron chi connectivity index (χ2n) is 8.15. The maximum absolute atomic E-state index is 11.5. The normalized spacial score (nSPS) is 19.7. The Hall–Kier alpha value is -1.33. The summed E-state index contributed by atoms with van der Waals surface area (Å²) in [5, 5.41) is 0. The van der Waals surface area contributed by atoms with Crippen molar-refractivity contribution in [3.05, 3.63) is 23.3 Å². The first-order chi connectivity index (χ1) is 10.4. The van der Waals surface area contributed by atoms with Crippen LogP contribution in [0.2, 0.25) is 0 Å². The zero-order valence-corrected chi connectivity index (χ0v) is 15.4. The molecule has 5 heteroatoms. The van der Waals surface area contributed by atoms with Crippen molar-refractivity contribution in [1.82, 2.24) is 0 Å². The second kappa shape index (κ2) is 5.64. The molecule has 0 amide bonds. The van der Waals surface area contributed by atoms with Crippen molar-refractivity contribution in [3.63, 3.8) is 0 Å². The SMILES string of the molecule is COc1c(C=O)cc(B2OC(C)(C)C(C)(C)O2)cc1C(C)(C)C. The molecule has 0 atom stereocenters. The molecule has 0 spiro atoms. The molecule has 0 radical (unpaired) electrons. The Morgan fingerprint density at radius 3 is 2.00 bits per heavy atom. The molecule has 1 saturated heterocycles. The number of carbonyl (C=O) groups excluding carboxylic acids is 1. The topological polar surface area (TPSA) is 44.8 Å². The van der Waals surface area contributed by atoms with Crippen LogP contribution in [0.5, 0.6) is 5.75 Å². The van der Waals surface area contributed by atoms with Gasteiger partial charge in [-0.15, -0.1) is 0 Å². The molecular formula is C18H27BO4. The smallest absolute Gasteiger partial charge is 0.494 e. The zero-order valence-electron chi connectivity index (χ0n) is 15.4. The Morgan fingerprint density at radius 1 is 1.09 bits per heavy atom. The van der Waals surface area contributed by atoms with Crippen molar-refractivity contribution < 1.29 is 18.8 Å². The lowest BCUT2D eigenvalue weighted by atomic mass is 9.74. The molecule has 1 aliphatic heterocycles. The Kier molecular flexibility index (Phi) is 4.42. The highest BCUT2D eigenvalue weighted by Gasteiger charge is 2.52. The molecule has 2 rings (SSSR count). The third-order valence-corrected chi connectivity index (χ3v) is 4.80. The summed E-state index contributed by atoms with van der Waals surface area (Å²) in [5.74, 6) is 0.618. The molecule has 4 nitrogen and oxygen atoms in total. The molecule has 0 aromatic heterocycles. The average Bonchev–Trinajstić information content (AvgIpc) is 2.64. The van der Waals surface area contributed by atoms with Crippen LogP contribution in [0.3, 0.4) is 0 Å². The Balaban J connectivity index is 2.56. The van der Waals surface area contributed by atoms with Crippen LogP contribution in [0.15, 0.2) is 12.1 Å². The van der Waals surface area contributed by atoms with Gasteiger partial charge >= 0.3 is 7.12 Å². The van der Waals surface area contributed by atoms with Crippen molar-refractivity contribution in [1.29, 1.82) is 0 Å². The van der Waals surface area contributed by atoms with Crippen LogP contribution >= 0.6 is 0 Å². The molecule has 0 aliphatic carbocycles. The predicted molar refractivity (Wildman–Crippen MR) is 92.8 cm³/mol. The van der Waals surface area contributed by atoms with Crippen LogP contribution in [0.4, 0.5) is 0 Å². The van der Waals surface area contributed by atoms with Gasteiger partial charge in [-0.25, -0.2) is 0 Å². The van der Waals surface area contributed by atoms with Crippen molar-refractivity contribution in [2.75, 3.05) is 7.11 Å². The van der Waals surface area contributed by atoms with E-state index < -0.39 is 18.3 Å². The van der Waals surface area contributed by atoms with E-state index in [-0.39, 0.29) is 5.41 Å². The lowest BCUT2D eigenvalue weighted by molar-refractivity contribution is 0.00578. The standard InChI is InChI=1S/C18H27BO4/c1-16(2,3)14-10-13(9-12(11-20)15(14)21-8)19-22-17(4,5)18(6,7)23-19/h9-11H,1-8H3. The Morgan fingerprint density at radius 2 is 1.61 bits per heavy atom. The minimum Gasteiger partial charge on any atom is -0.496 e. The van der Waals surface area contributed by atoms with Gasteiger partial charge in [-0.3, -0.25) is 4.79 Å². The summed E-state index contributed by atoms with van der Waals surface area (Å²) in [6, 6.07) is 3.82.